The predicted molar refractivity (Wildman–Crippen MR) is 400 cm³/mol. The lowest BCUT2D eigenvalue weighted by Gasteiger charge is -1.94. The summed E-state index contributed by atoms with van der Waals surface area (Å²) in [6, 6.07) is 16.9. The molecule has 0 aliphatic heterocycles. The van der Waals surface area contributed by atoms with Crippen molar-refractivity contribution in [2.24, 2.45) is 14.1 Å². The van der Waals surface area contributed by atoms with E-state index in [9.17, 15) is 8.78 Å². The van der Waals surface area contributed by atoms with Crippen LogP contribution in [0.2, 0.25) is 0 Å². The molecule has 0 radical (unpaired) electrons. The second-order valence-corrected chi connectivity index (χ2v) is 24.5. The number of H-pyrrole nitrogens is 2. The predicted octanol–water partition coefficient (Wildman–Crippen LogP) is 15.5. The Morgan fingerprint density at radius 2 is 0.802 bits per heavy atom. The molecule has 26 heteroatoms. The van der Waals surface area contributed by atoms with Crippen LogP contribution in [0, 0.1) is 178 Å². The van der Waals surface area contributed by atoms with Gasteiger partial charge in [0.15, 0.2) is 0 Å². The SMILES string of the molecule is Cc1ccc(C)c(F)c1.Cc1ccc(C)c(F)n1.Cc1ccc(C)nc1.Cc1ccc(C)nc1.Cc1cn(C)nn1.Cc1cnc(C)[nH]1.Cc1cnc(C)cn1.Cc1cnc(C)cn1.Cc1cnc(C)nc1.Cc1cnc(C)nc1.Cc1cnc(C)s1.Cc1n[nH]c(C)n1.Cc1ncn(C)n1. The van der Waals surface area contributed by atoms with Gasteiger partial charge in [0, 0.05) is 128 Å². The third kappa shape index (κ3) is 46.9. The molecule has 0 fully saturated rings. The maximum absolute atomic E-state index is 12.6. The van der Waals surface area contributed by atoms with Crippen molar-refractivity contribution < 1.29 is 8.78 Å². The first-order chi connectivity index (χ1) is 47.6. The van der Waals surface area contributed by atoms with Crippen LogP contribution in [-0.4, -0.2) is 115 Å². The number of halogens is 2. The highest BCUT2D eigenvalue weighted by atomic mass is 32.1. The zero-order valence-corrected chi connectivity index (χ0v) is 64.7. The molecule has 12 heterocycles. The van der Waals surface area contributed by atoms with E-state index in [4.69, 9.17) is 0 Å². The Kier molecular flexibility index (Phi) is 43.3. The molecule has 0 saturated carbocycles. The minimum Gasteiger partial charge on any atom is -0.346 e. The van der Waals surface area contributed by atoms with E-state index in [1.54, 1.807) is 90.8 Å². The average Bonchev–Trinajstić information content (AvgIpc) is 1.97. The highest BCUT2D eigenvalue weighted by Gasteiger charge is 1.97. The summed E-state index contributed by atoms with van der Waals surface area (Å²) < 4.78 is 28.4. The Morgan fingerprint density at radius 1 is 0.356 bits per heavy atom. The van der Waals surface area contributed by atoms with Crippen LogP contribution in [0.3, 0.4) is 0 Å². The molecule has 2 N–H and O–H groups in total. The molecule has 101 heavy (non-hydrogen) atoms. The number of pyridine rings is 3. The number of benzene rings is 1. The van der Waals surface area contributed by atoms with E-state index in [-0.39, 0.29) is 11.8 Å². The summed E-state index contributed by atoms with van der Waals surface area (Å²) in [5, 5.41) is 19.0. The molecule has 0 amide bonds. The fraction of sp³-hybridized carbons (Fsp3) is 0.347. The highest BCUT2D eigenvalue weighted by Crippen LogP contribution is 2.09. The van der Waals surface area contributed by atoms with E-state index in [2.05, 4.69) is 124 Å². The first kappa shape index (κ1) is 88.1. The van der Waals surface area contributed by atoms with Crippen LogP contribution in [0.4, 0.5) is 8.78 Å². The van der Waals surface area contributed by atoms with Crippen molar-refractivity contribution in [3.8, 4) is 0 Å². The molecule has 0 saturated heterocycles. The molecule has 12 aromatic heterocycles. The molecular formula is C75H103F2N23S. The number of rotatable bonds is 0. The smallest absolute Gasteiger partial charge is 0.215 e. The zero-order chi connectivity index (χ0) is 76.0. The number of imidazole rings is 1. The average molecular weight is 1400 g/mol. The summed E-state index contributed by atoms with van der Waals surface area (Å²) in [7, 11) is 3.69. The Morgan fingerprint density at radius 3 is 1.01 bits per heavy atom. The fourth-order valence-electron chi connectivity index (χ4n) is 6.58. The fourth-order valence-corrected chi connectivity index (χ4v) is 7.26. The summed E-state index contributed by atoms with van der Waals surface area (Å²) in [5.41, 5.74) is 15.8. The lowest BCUT2D eigenvalue weighted by molar-refractivity contribution is 0.571. The van der Waals surface area contributed by atoms with Crippen LogP contribution >= 0.6 is 11.3 Å². The number of nitrogens with one attached hydrogen (secondary N) is 2. The molecule has 0 aliphatic carbocycles. The second kappa shape index (κ2) is 49.6. The summed E-state index contributed by atoms with van der Waals surface area (Å²) in [4.78, 5) is 63.8. The summed E-state index contributed by atoms with van der Waals surface area (Å²) in [6.07, 6.45) is 25.3. The molecule has 0 unspecified atom stereocenters. The monoisotopic (exact) mass is 1400 g/mol. The van der Waals surface area contributed by atoms with E-state index < -0.39 is 0 Å². The standard InChI is InChI=1S/C8H9F.C7H8FN.2C7H9N.4C6H8N2.C5H8N2.C5H7NS.3C4H7N3/c1-6-3-4-7(2)8(9)5-6;1-5-3-4-6(2)9-7(5)8;2*1-6-3-4-7(2)8-5-6;2*1-5-3-8-6(2)4-7-5;2*1-5-3-7-6(2)8-4-5;2*1-4-3-6-5(2)7-4;1-4-5-3-7(2)6-4;1-4-3-7(2)6-5-4;1-3-5-4(2)7-6-3/h3-5H,1-2H3;3-4H,1-2H3;2*3-5H,1-2H3;4*3-4H,1-2H3;3H,1-2H3,(H,6,7);3*3H,1-2H3;1-2H3,(H,5,6,7). The van der Waals surface area contributed by atoms with Gasteiger partial charge in [0.25, 0.3) is 0 Å². The lowest BCUT2D eigenvalue weighted by Crippen LogP contribution is -1.88. The number of hydrogen-bond acceptors (Lipinski definition) is 20. The Labute approximate surface area is 600 Å². The molecule has 23 nitrogen and oxygen atoms in total. The number of hydrogen-bond donors (Lipinski definition) is 2. The number of aromatic nitrogens is 23. The van der Waals surface area contributed by atoms with E-state index in [0.29, 0.717) is 11.1 Å². The van der Waals surface area contributed by atoms with Crippen LogP contribution in [0.15, 0.2) is 141 Å². The summed E-state index contributed by atoms with van der Waals surface area (Å²) >= 11 is 1.73. The maximum Gasteiger partial charge on any atom is 0.215 e. The van der Waals surface area contributed by atoms with Gasteiger partial charge in [0.2, 0.25) is 5.95 Å². The quantitative estimate of drug-likeness (QED) is 0.133. The first-order valence-electron chi connectivity index (χ1n) is 32.1. The van der Waals surface area contributed by atoms with Gasteiger partial charge in [-0.25, -0.2) is 49.2 Å². The van der Waals surface area contributed by atoms with Gasteiger partial charge in [-0.3, -0.25) is 44.4 Å². The van der Waals surface area contributed by atoms with Gasteiger partial charge in [-0.05, 0) is 224 Å². The van der Waals surface area contributed by atoms with Gasteiger partial charge < -0.3 is 4.98 Å². The summed E-state index contributed by atoms with van der Waals surface area (Å²) in [5.74, 6) is 4.66. The van der Waals surface area contributed by atoms with Gasteiger partial charge in [-0.15, -0.1) is 16.4 Å². The molecule has 0 bridgehead atoms. The van der Waals surface area contributed by atoms with Crippen molar-refractivity contribution >= 4 is 11.3 Å². The molecule has 1 aromatic carbocycles. The molecule has 0 atom stereocenters. The maximum atomic E-state index is 12.6. The van der Waals surface area contributed by atoms with Crippen molar-refractivity contribution in [1.82, 2.24) is 115 Å². The summed E-state index contributed by atoms with van der Waals surface area (Å²) in [6.45, 7) is 46.0. The van der Waals surface area contributed by atoms with Crippen LogP contribution in [-0.2, 0) is 14.1 Å². The van der Waals surface area contributed by atoms with E-state index >= 15 is 0 Å². The topological polar surface area (TPSA) is 286 Å². The molecule has 0 aliphatic rings. The van der Waals surface area contributed by atoms with Crippen molar-refractivity contribution in [3.05, 3.63) is 288 Å². The number of nitrogens with zero attached hydrogens (tertiary/aromatic N) is 21. The van der Waals surface area contributed by atoms with Crippen LogP contribution < -0.4 is 0 Å². The minimum atomic E-state index is -0.366. The highest BCUT2D eigenvalue weighted by molar-refractivity contribution is 7.11. The Hall–Kier alpha value is -10.9. The van der Waals surface area contributed by atoms with E-state index in [1.165, 1.54) is 22.1 Å². The molecule has 538 valence electrons. The van der Waals surface area contributed by atoms with Crippen LogP contribution in [0.5, 0.6) is 0 Å². The third-order valence-corrected chi connectivity index (χ3v) is 12.8. The Balaban J connectivity index is 0.000000547. The number of aromatic amines is 2. The lowest BCUT2D eigenvalue weighted by atomic mass is 10.2. The normalized spacial score (nSPS) is 9.39. The van der Waals surface area contributed by atoms with Gasteiger partial charge in [0.05, 0.1) is 33.5 Å². The number of aryl methyl sites for hydroxylation is 26. The van der Waals surface area contributed by atoms with Crippen LogP contribution in [0.1, 0.15) is 135 Å². The van der Waals surface area contributed by atoms with Crippen molar-refractivity contribution in [1.29, 1.82) is 0 Å². The third-order valence-electron chi connectivity index (χ3n) is 12.0. The zero-order valence-electron chi connectivity index (χ0n) is 63.8. The first-order valence-corrected chi connectivity index (χ1v) is 32.9. The van der Waals surface area contributed by atoms with Gasteiger partial charge >= 0.3 is 0 Å². The van der Waals surface area contributed by atoms with E-state index in [1.807, 2.05) is 227 Å². The molecule has 13 rings (SSSR count). The molecule has 13 aromatic rings. The minimum absolute atomic E-state index is 0.116. The molecular weight excluding hydrogens is 1290 g/mol. The van der Waals surface area contributed by atoms with Crippen molar-refractivity contribution in [3.63, 3.8) is 0 Å². The van der Waals surface area contributed by atoms with Crippen LogP contribution in [0.25, 0.3) is 0 Å². The van der Waals surface area contributed by atoms with Gasteiger partial charge in [0.1, 0.15) is 47.1 Å². The van der Waals surface area contributed by atoms with Gasteiger partial charge in [-0.2, -0.15) is 14.6 Å². The van der Waals surface area contributed by atoms with Crippen molar-refractivity contribution in [2.75, 3.05) is 0 Å². The largest absolute Gasteiger partial charge is 0.346 e. The Bertz CT molecular complexity index is 3440. The van der Waals surface area contributed by atoms with E-state index in [0.717, 1.165) is 108 Å². The molecule has 0 spiro atoms. The van der Waals surface area contributed by atoms with Gasteiger partial charge in [-0.1, -0.05) is 35.5 Å². The number of thiazole rings is 1. The van der Waals surface area contributed by atoms with Crippen molar-refractivity contribution in [2.45, 2.75) is 166 Å². The second-order valence-electron chi connectivity index (χ2n) is 23.1.